The fraction of sp³-hybridized carbons (Fsp3) is 0.100. The van der Waals surface area contributed by atoms with E-state index < -0.39 is 5.91 Å². The molecule has 2 aromatic rings. The number of hydrogen-bond acceptors (Lipinski definition) is 5. The smallest absolute Gasteiger partial charge is 0.254 e. The van der Waals surface area contributed by atoms with Crippen molar-refractivity contribution in [1.29, 1.82) is 0 Å². The molecule has 2 heterocycles. The van der Waals surface area contributed by atoms with Crippen LogP contribution in [0.3, 0.4) is 0 Å². The number of amides is 1. The Kier molecular flexibility index (Phi) is 3.12. The first-order chi connectivity index (χ1) is 7.99. The maximum Gasteiger partial charge on any atom is 0.254 e. The summed E-state index contributed by atoms with van der Waals surface area (Å²) >= 11 is 4.84. The van der Waals surface area contributed by atoms with E-state index >= 15 is 0 Å². The van der Waals surface area contributed by atoms with Crippen molar-refractivity contribution in [3.05, 3.63) is 27.2 Å². The molecule has 0 aliphatic rings. The Morgan fingerprint density at radius 3 is 2.65 bits per heavy atom. The van der Waals surface area contributed by atoms with Crippen molar-refractivity contribution in [3.8, 4) is 10.7 Å². The van der Waals surface area contributed by atoms with Gasteiger partial charge in [-0.1, -0.05) is 0 Å². The number of hydrogen-bond donors (Lipinski definition) is 2. The number of nitrogens with zero attached hydrogens (tertiary/aromatic N) is 2. The van der Waals surface area contributed by atoms with Crippen LogP contribution in [0.4, 0.5) is 5.82 Å². The number of thiophene rings is 1. The van der Waals surface area contributed by atoms with Gasteiger partial charge in [0.1, 0.15) is 11.4 Å². The van der Waals surface area contributed by atoms with Crippen LogP contribution in [-0.2, 0) is 0 Å². The van der Waals surface area contributed by atoms with Crippen LogP contribution < -0.4 is 11.5 Å². The molecule has 2 aromatic heterocycles. The van der Waals surface area contributed by atoms with E-state index in [1.54, 1.807) is 6.92 Å². The summed E-state index contributed by atoms with van der Waals surface area (Å²) in [4.78, 5) is 20.4. The maximum absolute atomic E-state index is 11.2. The molecule has 0 aliphatic carbocycles. The molecule has 1 amide bonds. The van der Waals surface area contributed by atoms with Crippen molar-refractivity contribution in [1.82, 2.24) is 9.97 Å². The summed E-state index contributed by atoms with van der Waals surface area (Å²) in [6.07, 6.45) is 0. The lowest BCUT2D eigenvalue weighted by molar-refractivity contribution is 0.1000. The molecule has 0 bridgehead atoms. The molecule has 0 aliphatic heterocycles. The number of rotatable bonds is 2. The van der Waals surface area contributed by atoms with Crippen molar-refractivity contribution >= 4 is 39.0 Å². The Morgan fingerprint density at radius 2 is 2.18 bits per heavy atom. The highest BCUT2D eigenvalue weighted by Crippen LogP contribution is 2.28. The van der Waals surface area contributed by atoms with Gasteiger partial charge < -0.3 is 11.5 Å². The molecular weight excluding hydrogens is 304 g/mol. The van der Waals surface area contributed by atoms with Crippen LogP contribution >= 0.6 is 27.3 Å². The van der Waals surface area contributed by atoms with Crippen molar-refractivity contribution in [2.45, 2.75) is 6.92 Å². The second-order valence-electron chi connectivity index (χ2n) is 3.39. The SMILES string of the molecule is Cc1nc(-c2cc(Br)cs2)nc(N)c1C(N)=O. The van der Waals surface area contributed by atoms with Crippen LogP contribution in [0.15, 0.2) is 15.9 Å². The monoisotopic (exact) mass is 312 g/mol. The van der Waals surface area contributed by atoms with Gasteiger partial charge in [0, 0.05) is 9.85 Å². The number of halogens is 1. The minimum Gasteiger partial charge on any atom is -0.383 e. The quantitative estimate of drug-likeness (QED) is 0.886. The summed E-state index contributed by atoms with van der Waals surface area (Å²) in [5.74, 6) is 0.00383. The van der Waals surface area contributed by atoms with Crippen LogP contribution in [0, 0.1) is 6.92 Å². The molecule has 0 unspecified atom stereocenters. The predicted octanol–water partition coefficient (Wildman–Crippen LogP) is 1.96. The Hall–Kier alpha value is -1.47. The lowest BCUT2D eigenvalue weighted by Crippen LogP contribution is -2.17. The Labute approximate surface area is 110 Å². The zero-order valence-corrected chi connectivity index (χ0v) is 11.3. The maximum atomic E-state index is 11.2. The van der Waals surface area contributed by atoms with Gasteiger partial charge >= 0.3 is 0 Å². The second kappa shape index (κ2) is 4.42. The van der Waals surface area contributed by atoms with E-state index in [9.17, 15) is 4.79 Å². The zero-order valence-electron chi connectivity index (χ0n) is 8.90. The minimum atomic E-state index is -0.612. The number of nitrogens with two attached hydrogens (primary N) is 2. The van der Waals surface area contributed by atoms with Crippen molar-refractivity contribution in [2.24, 2.45) is 5.73 Å². The summed E-state index contributed by atoms with van der Waals surface area (Å²) in [6, 6.07) is 1.89. The summed E-state index contributed by atoms with van der Waals surface area (Å²) < 4.78 is 0.955. The third-order valence-corrected chi connectivity index (χ3v) is 3.84. The van der Waals surface area contributed by atoms with Crippen molar-refractivity contribution in [2.75, 3.05) is 5.73 Å². The van der Waals surface area contributed by atoms with E-state index in [2.05, 4.69) is 25.9 Å². The molecule has 0 radical (unpaired) electrons. The molecule has 5 nitrogen and oxygen atoms in total. The molecule has 7 heteroatoms. The third kappa shape index (κ3) is 2.29. The molecule has 17 heavy (non-hydrogen) atoms. The summed E-state index contributed by atoms with van der Waals surface area (Å²) in [5.41, 5.74) is 11.6. The standard InChI is InChI=1S/C10H9BrN4OS/c1-4-7(9(13)16)8(12)15-10(14-4)6-2-5(11)3-17-6/h2-3H,1H3,(H2,13,16)(H2,12,14,15). The van der Waals surface area contributed by atoms with E-state index in [1.807, 2.05) is 11.4 Å². The molecule has 0 saturated heterocycles. The summed E-state index contributed by atoms with van der Waals surface area (Å²) in [6.45, 7) is 1.68. The van der Waals surface area contributed by atoms with E-state index in [0.29, 0.717) is 11.5 Å². The van der Waals surface area contributed by atoms with Gasteiger partial charge in [-0.05, 0) is 28.9 Å². The molecule has 0 fully saturated rings. The molecule has 0 aromatic carbocycles. The molecule has 2 rings (SSSR count). The van der Waals surface area contributed by atoms with Gasteiger partial charge in [0.15, 0.2) is 5.82 Å². The summed E-state index contributed by atoms with van der Waals surface area (Å²) in [5, 5.41) is 1.92. The molecule has 0 spiro atoms. The van der Waals surface area contributed by atoms with E-state index in [1.165, 1.54) is 11.3 Å². The Morgan fingerprint density at radius 1 is 1.47 bits per heavy atom. The highest BCUT2D eigenvalue weighted by Gasteiger charge is 2.15. The van der Waals surface area contributed by atoms with E-state index in [0.717, 1.165) is 9.35 Å². The Bertz CT molecular complexity index is 573. The molecule has 0 saturated carbocycles. The van der Waals surface area contributed by atoms with Gasteiger partial charge in [-0.2, -0.15) is 0 Å². The first-order valence-electron chi connectivity index (χ1n) is 4.67. The first kappa shape index (κ1) is 12.0. The van der Waals surface area contributed by atoms with Crippen LogP contribution in [0.5, 0.6) is 0 Å². The van der Waals surface area contributed by atoms with Crippen LogP contribution in [0.1, 0.15) is 16.1 Å². The van der Waals surface area contributed by atoms with Gasteiger partial charge in [0.25, 0.3) is 5.91 Å². The largest absolute Gasteiger partial charge is 0.383 e. The van der Waals surface area contributed by atoms with Gasteiger partial charge in [-0.3, -0.25) is 4.79 Å². The number of carbonyl (C=O) groups is 1. The van der Waals surface area contributed by atoms with E-state index in [-0.39, 0.29) is 11.4 Å². The van der Waals surface area contributed by atoms with Crippen molar-refractivity contribution < 1.29 is 4.79 Å². The number of anilines is 1. The second-order valence-corrected chi connectivity index (χ2v) is 5.21. The van der Waals surface area contributed by atoms with Crippen LogP contribution in [-0.4, -0.2) is 15.9 Å². The van der Waals surface area contributed by atoms with Crippen molar-refractivity contribution in [3.63, 3.8) is 0 Å². The molecular formula is C10H9BrN4OS. The highest BCUT2D eigenvalue weighted by molar-refractivity contribution is 9.10. The first-order valence-corrected chi connectivity index (χ1v) is 6.34. The predicted molar refractivity (Wildman–Crippen MR) is 70.7 cm³/mol. The van der Waals surface area contributed by atoms with Gasteiger partial charge in [0.2, 0.25) is 0 Å². The number of carbonyl (C=O) groups excluding carboxylic acids is 1. The normalized spacial score (nSPS) is 10.5. The Balaban J connectivity index is 2.56. The molecule has 4 N–H and O–H groups in total. The average molecular weight is 313 g/mol. The highest BCUT2D eigenvalue weighted by atomic mass is 79.9. The number of aromatic nitrogens is 2. The average Bonchev–Trinajstić information content (AvgIpc) is 2.63. The molecule has 0 atom stereocenters. The van der Waals surface area contributed by atoms with E-state index in [4.69, 9.17) is 11.5 Å². The summed E-state index contributed by atoms with van der Waals surface area (Å²) in [7, 11) is 0. The number of nitrogen functional groups attached to an aromatic ring is 1. The van der Waals surface area contributed by atoms with Gasteiger partial charge in [-0.25, -0.2) is 9.97 Å². The lowest BCUT2D eigenvalue weighted by Gasteiger charge is -2.06. The third-order valence-electron chi connectivity index (χ3n) is 2.15. The van der Waals surface area contributed by atoms with Gasteiger partial charge in [0.05, 0.1) is 10.6 Å². The fourth-order valence-corrected chi connectivity index (χ4v) is 2.80. The molecule has 88 valence electrons. The lowest BCUT2D eigenvalue weighted by atomic mass is 10.2. The fourth-order valence-electron chi connectivity index (χ4n) is 1.44. The topological polar surface area (TPSA) is 94.9 Å². The number of primary amides is 1. The zero-order chi connectivity index (χ0) is 12.6. The van der Waals surface area contributed by atoms with Crippen LogP contribution in [0.25, 0.3) is 10.7 Å². The van der Waals surface area contributed by atoms with Crippen LogP contribution in [0.2, 0.25) is 0 Å². The van der Waals surface area contributed by atoms with Gasteiger partial charge in [-0.15, -0.1) is 11.3 Å². The number of aryl methyl sites for hydroxylation is 1. The minimum absolute atomic E-state index is 0.115.